The molecule has 1 unspecified atom stereocenters. The second-order valence-electron chi connectivity index (χ2n) is 5.36. The Morgan fingerprint density at radius 3 is 2.35 bits per heavy atom. The zero-order chi connectivity index (χ0) is 14.5. The van der Waals surface area contributed by atoms with E-state index in [-0.39, 0.29) is 6.04 Å². The Bertz CT molecular complexity index is 552. The molecular formula is C17H19Cl2N. The van der Waals surface area contributed by atoms with Crippen molar-refractivity contribution in [2.75, 3.05) is 5.32 Å². The summed E-state index contributed by atoms with van der Waals surface area (Å²) in [5.41, 5.74) is 2.14. The number of benzene rings is 2. The maximum atomic E-state index is 6.24. The third-order valence-corrected chi connectivity index (χ3v) is 3.73. The first kappa shape index (κ1) is 15.2. The second kappa shape index (κ2) is 7.01. The lowest BCUT2D eigenvalue weighted by molar-refractivity contribution is 0.531. The molecule has 106 valence electrons. The van der Waals surface area contributed by atoms with Crippen LogP contribution in [-0.4, -0.2) is 0 Å². The molecule has 0 fully saturated rings. The summed E-state index contributed by atoms with van der Waals surface area (Å²) in [7, 11) is 0. The van der Waals surface area contributed by atoms with Gasteiger partial charge in [-0.1, -0.05) is 67.4 Å². The zero-order valence-corrected chi connectivity index (χ0v) is 13.2. The van der Waals surface area contributed by atoms with Gasteiger partial charge < -0.3 is 5.32 Å². The Labute approximate surface area is 130 Å². The van der Waals surface area contributed by atoms with Gasteiger partial charge in [-0.15, -0.1) is 0 Å². The highest BCUT2D eigenvalue weighted by molar-refractivity contribution is 6.35. The van der Waals surface area contributed by atoms with Crippen molar-refractivity contribution in [2.45, 2.75) is 26.3 Å². The van der Waals surface area contributed by atoms with E-state index in [2.05, 4.69) is 43.4 Å². The fourth-order valence-corrected chi connectivity index (χ4v) is 2.58. The van der Waals surface area contributed by atoms with Gasteiger partial charge in [-0.25, -0.2) is 0 Å². The Hall–Kier alpha value is -1.18. The van der Waals surface area contributed by atoms with Gasteiger partial charge in [0.2, 0.25) is 0 Å². The van der Waals surface area contributed by atoms with Crippen LogP contribution in [0.3, 0.4) is 0 Å². The smallest absolute Gasteiger partial charge is 0.0638 e. The lowest BCUT2D eigenvalue weighted by Gasteiger charge is -2.23. The highest BCUT2D eigenvalue weighted by Gasteiger charge is 2.14. The fourth-order valence-electron chi connectivity index (χ4n) is 2.23. The third kappa shape index (κ3) is 4.16. The monoisotopic (exact) mass is 307 g/mol. The van der Waals surface area contributed by atoms with Gasteiger partial charge in [0.25, 0.3) is 0 Å². The Kier molecular flexibility index (Phi) is 5.33. The van der Waals surface area contributed by atoms with Gasteiger partial charge in [-0.05, 0) is 36.1 Å². The third-order valence-electron chi connectivity index (χ3n) is 3.17. The van der Waals surface area contributed by atoms with E-state index >= 15 is 0 Å². The maximum absolute atomic E-state index is 6.24. The molecule has 1 nitrogen and oxygen atoms in total. The maximum Gasteiger partial charge on any atom is 0.0638 e. The quantitative estimate of drug-likeness (QED) is 0.694. The van der Waals surface area contributed by atoms with Crippen molar-refractivity contribution in [3.05, 3.63) is 64.1 Å². The molecule has 0 aliphatic heterocycles. The van der Waals surface area contributed by atoms with Crippen LogP contribution in [0.4, 0.5) is 5.69 Å². The van der Waals surface area contributed by atoms with E-state index in [4.69, 9.17) is 23.2 Å². The van der Waals surface area contributed by atoms with Gasteiger partial charge in [0.15, 0.2) is 0 Å². The van der Waals surface area contributed by atoms with Crippen molar-refractivity contribution >= 4 is 28.9 Å². The van der Waals surface area contributed by atoms with Crippen LogP contribution in [0.15, 0.2) is 48.5 Å². The number of halogens is 2. The van der Waals surface area contributed by atoms with Crippen molar-refractivity contribution in [1.29, 1.82) is 0 Å². The van der Waals surface area contributed by atoms with Gasteiger partial charge in [0.05, 0.1) is 16.8 Å². The molecule has 0 saturated heterocycles. The lowest BCUT2D eigenvalue weighted by atomic mass is 9.97. The molecule has 20 heavy (non-hydrogen) atoms. The number of hydrogen-bond donors (Lipinski definition) is 1. The highest BCUT2D eigenvalue weighted by atomic mass is 35.5. The molecule has 0 aliphatic carbocycles. The van der Waals surface area contributed by atoms with Crippen molar-refractivity contribution in [2.24, 2.45) is 5.92 Å². The number of hydrogen-bond acceptors (Lipinski definition) is 1. The average Bonchev–Trinajstić information content (AvgIpc) is 2.42. The summed E-state index contributed by atoms with van der Waals surface area (Å²) in [5, 5.41) is 4.90. The minimum absolute atomic E-state index is 0.229. The molecule has 0 bridgehead atoms. The summed E-state index contributed by atoms with van der Waals surface area (Å²) >= 11 is 12.3. The molecule has 0 spiro atoms. The first-order chi connectivity index (χ1) is 9.56. The molecular weight excluding hydrogens is 289 g/mol. The SMILES string of the molecule is CC(C)CC(Nc1cc(Cl)ccc1Cl)c1ccccc1. The standard InChI is InChI=1S/C17H19Cl2N/c1-12(2)10-16(13-6-4-3-5-7-13)20-17-11-14(18)8-9-15(17)19/h3-9,11-12,16,20H,10H2,1-2H3. The minimum atomic E-state index is 0.229. The van der Waals surface area contributed by atoms with Crippen LogP contribution < -0.4 is 5.32 Å². The van der Waals surface area contributed by atoms with E-state index in [9.17, 15) is 0 Å². The van der Waals surface area contributed by atoms with E-state index in [0.29, 0.717) is 16.0 Å². The first-order valence-electron chi connectivity index (χ1n) is 6.83. The van der Waals surface area contributed by atoms with Gasteiger partial charge in [0.1, 0.15) is 0 Å². The molecule has 0 saturated carbocycles. The Morgan fingerprint density at radius 2 is 1.70 bits per heavy atom. The molecule has 0 aromatic heterocycles. The van der Waals surface area contributed by atoms with Crippen LogP contribution in [-0.2, 0) is 0 Å². The summed E-state index contributed by atoms with van der Waals surface area (Å²) in [6, 6.07) is 16.2. The predicted octanol–water partition coefficient (Wildman–Crippen LogP) is 6.19. The van der Waals surface area contributed by atoms with Gasteiger partial charge in [-0.2, -0.15) is 0 Å². The molecule has 2 aromatic carbocycles. The summed E-state index contributed by atoms with van der Waals surface area (Å²) in [6.45, 7) is 4.44. The Balaban J connectivity index is 2.26. The van der Waals surface area contributed by atoms with E-state index in [1.165, 1.54) is 5.56 Å². The van der Waals surface area contributed by atoms with E-state index in [1.807, 2.05) is 18.2 Å². The summed E-state index contributed by atoms with van der Waals surface area (Å²) in [4.78, 5) is 0. The normalized spacial score (nSPS) is 12.4. The van der Waals surface area contributed by atoms with Gasteiger partial charge in [0, 0.05) is 5.02 Å². The molecule has 0 radical (unpaired) electrons. The second-order valence-corrected chi connectivity index (χ2v) is 6.20. The van der Waals surface area contributed by atoms with Crippen molar-refractivity contribution < 1.29 is 0 Å². The van der Waals surface area contributed by atoms with E-state index < -0.39 is 0 Å². The Morgan fingerprint density at radius 1 is 1.00 bits per heavy atom. The summed E-state index contributed by atoms with van der Waals surface area (Å²) < 4.78 is 0. The number of rotatable bonds is 5. The van der Waals surface area contributed by atoms with Crippen molar-refractivity contribution in [3.63, 3.8) is 0 Å². The first-order valence-corrected chi connectivity index (χ1v) is 7.58. The van der Waals surface area contributed by atoms with Crippen molar-refractivity contribution in [1.82, 2.24) is 0 Å². The van der Waals surface area contributed by atoms with E-state index in [0.717, 1.165) is 12.1 Å². The molecule has 3 heteroatoms. The van der Waals surface area contributed by atoms with Crippen molar-refractivity contribution in [3.8, 4) is 0 Å². The van der Waals surface area contributed by atoms with Gasteiger partial charge in [-0.3, -0.25) is 0 Å². The molecule has 2 aromatic rings. The molecule has 0 heterocycles. The largest absolute Gasteiger partial charge is 0.377 e. The lowest BCUT2D eigenvalue weighted by Crippen LogP contribution is -2.13. The molecule has 0 amide bonds. The number of anilines is 1. The van der Waals surface area contributed by atoms with Crippen LogP contribution in [0, 0.1) is 5.92 Å². The number of nitrogens with one attached hydrogen (secondary N) is 1. The molecule has 0 aliphatic rings. The zero-order valence-electron chi connectivity index (χ0n) is 11.7. The van der Waals surface area contributed by atoms with Crippen LogP contribution in [0.1, 0.15) is 31.9 Å². The summed E-state index contributed by atoms with van der Waals surface area (Å²) in [6.07, 6.45) is 1.03. The molecule has 2 rings (SSSR count). The minimum Gasteiger partial charge on any atom is -0.377 e. The topological polar surface area (TPSA) is 12.0 Å². The molecule has 1 N–H and O–H groups in total. The molecule has 1 atom stereocenters. The fraction of sp³-hybridized carbons (Fsp3) is 0.294. The van der Waals surface area contributed by atoms with Crippen LogP contribution >= 0.6 is 23.2 Å². The predicted molar refractivity (Wildman–Crippen MR) is 88.7 cm³/mol. The van der Waals surface area contributed by atoms with E-state index in [1.54, 1.807) is 6.07 Å². The summed E-state index contributed by atoms with van der Waals surface area (Å²) in [5.74, 6) is 0.589. The van der Waals surface area contributed by atoms with Crippen LogP contribution in [0.5, 0.6) is 0 Å². The highest BCUT2D eigenvalue weighted by Crippen LogP contribution is 2.31. The average molecular weight is 308 g/mol. The van der Waals surface area contributed by atoms with Gasteiger partial charge >= 0.3 is 0 Å². The van der Waals surface area contributed by atoms with Crippen LogP contribution in [0.2, 0.25) is 10.0 Å². The van der Waals surface area contributed by atoms with Crippen LogP contribution in [0.25, 0.3) is 0 Å².